The maximum Gasteiger partial charge on any atom is 0.275 e. The van der Waals surface area contributed by atoms with E-state index in [-0.39, 0.29) is 11.3 Å². The van der Waals surface area contributed by atoms with Gasteiger partial charge in [-0.05, 0) is 12.1 Å². The molecule has 0 fully saturated rings. The first-order valence-electron chi connectivity index (χ1n) is 7.86. The summed E-state index contributed by atoms with van der Waals surface area (Å²) < 4.78 is 1.92. The van der Waals surface area contributed by atoms with Crippen LogP contribution in [0.25, 0.3) is 16.2 Å². The molecule has 2 N–H and O–H groups in total. The maximum atomic E-state index is 12.2. The number of benzene rings is 2. The number of amides is 1. The van der Waals surface area contributed by atoms with Crippen molar-refractivity contribution in [2.75, 3.05) is 0 Å². The first-order chi connectivity index (χ1) is 12.7. The van der Waals surface area contributed by atoms with Crippen LogP contribution in [0.5, 0.6) is 5.75 Å². The Morgan fingerprint density at radius 2 is 1.92 bits per heavy atom. The Morgan fingerprint density at radius 3 is 2.73 bits per heavy atom. The van der Waals surface area contributed by atoms with E-state index in [2.05, 4.69) is 15.5 Å². The molecule has 6 nitrogen and oxygen atoms in total. The van der Waals surface area contributed by atoms with Crippen molar-refractivity contribution in [2.24, 2.45) is 5.10 Å². The third-order valence-electron chi connectivity index (χ3n) is 3.85. The lowest BCUT2D eigenvalue weighted by Crippen LogP contribution is -2.17. The molecule has 2 heterocycles. The Hall–Kier alpha value is -3.45. The molecule has 2 aromatic carbocycles. The van der Waals surface area contributed by atoms with E-state index in [1.165, 1.54) is 23.5 Å². The average molecular weight is 362 g/mol. The Balaban J connectivity index is 1.64. The number of rotatable bonds is 4. The minimum Gasteiger partial charge on any atom is -0.507 e. The Kier molecular flexibility index (Phi) is 4.20. The number of carbonyl (C=O) groups is 1. The standard InChI is InChI=1S/C19H14N4O2S/c24-16-9-5-4-8-14(16)18(25)22-20-12-15-17(13-6-2-1-3-7-13)21-19-23(15)10-11-26-19/h1-12,24H,(H,22,25)/b20-12+. The van der Waals surface area contributed by atoms with Crippen LogP contribution in [0.3, 0.4) is 0 Å². The van der Waals surface area contributed by atoms with Crippen LogP contribution >= 0.6 is 11.3 Å². The topological polar surface area (TPSA) is 79.0 Å². The van der Waals surface area contributed by atoms with Crippen molar-refractivity contribution < 1.29 is 9.90 Å². The van der Waals surface area contributed by atoms with Gasteiger partial charge in [-0.2, -0.15) is 5.10 Å². The van der Waals surface area contributed by atoms with Crippen molar-refractivity contribution in [3.63, 3.8) is 0 Å². The molecule has 0 bridgehead atoms. The van der Waals surface area contributed by atoms with Crippen molar-refractivity contribution in [2.45, 2.75) is 0 Å². The van der Waals surface area contributed by atoms with Crippen molar-refractivity contribution in [3.05, 3.63) is 77.4 Å². The average Bonchev–Trinajstić information content (AvgIpc) is 3.25. The third-order valence-corrected chi connectivity index (χ3v) is 4.60. The van der Waals surface area contributed by atoms with Gasteiger partial charge in [0.15, 0.2) is 4.96 Å². The molecule has 0 saturated carbocycles. The molecule has 0 radical (unpaired) electrons. The molecule has 0 saturated heterocycles. The molecule has 0 atom stereocenters. The molecule has 0 spiro atoms. The van der Waals surface area contributed by atoms with E-state index in [1.807, 2.05) is 46.3 Å². The predicted molar refractivity (Wildman–Crippen MR) is 102 cm³/mol. The van der Waals surface area contributed by atoms with Gasteiger partial charge in [-0.3, -0.25) is 9.20 Å². The van der Waals surface area contributed by atoms with Gasteiger partial charge < -0.3 is 5.11 Å². The van der Waals surface area contributed by atoms with Crippen LogP contribution in [0, 0.1) is 0 Å². The highest BCUT2D eigenvalue weighted by Crippen LogP contribution is 2.25. The summed E-state index contributed by atoms with van der Waals surface area (Å²) in [6.07, 6.45) is 3.47. The second kappa shape index (κ2) is 6.81. The van der Waals surface area contributed by atoms with Gasteiger partial charge in [-0.15, -0.1) is 11.3 Å². The van der Waals surface area contributed by atoms with E-state index in [0.717, 1.165) is 21.9 Å². The second-order valence-electron chi connectivity index (χ2n) is 5.48. The summed E-state index contributed by atoms with van der Waals surface area (Å²) >= 11 is 1.53. The number of para-hydroxylation sites is 1. The van der Waals surface area contributed by atoms with Crippen molar-refractivity contribution in [1.82, 2.24) is 14.8 Å². The van der Waals surface area contributed by atoms with Gasteiger partial charge in [0.05, 0.1) is 23.2 Å². The molecular weight excluding hydrogens is 348 g/mol. The zero-order chi connectivity index (χ0) is 17.9. The molecule has 0 aliphatic carbocycles. The SMILES string of the molecule is O=C(N/N=C/c1c(-c2ccccc2)nc2sccn12)c1ccccc1O. The van der Waals surface area contributed by atoms with Crippen molar-refractivity contribution >= 4 is 28.4 Å². The van der Waals surface area contributed by atoms with Gasteiger partial charge in [0.1, 0.15) is 5.75 Å². The molecule has 1 amide bonds. The summed E-state index contributed by atoms with van der Waals surface area (Å²) in [4.78, 5) is 17.7. The monoisotopic (exact) mass is 362 g/mol. The number of aromatic nitrogens is 2. The number of hydrogen-bond acceptors (Lipinski definition) is 5. The fourth-order valence-electron chi connectivity index (χ4n) is 2.61. The number of hydrogen-bond donors (Lipinski definition) is 2. The van der Waals surface area contributed by atoms with E-state index < -0.39 is 5.91 Å². The Morgan fingerprint density at radius 1 is 1.15 bits per heavy atom. The second-order valence-corrected chi connectivity index (χ2v) is 6.36. The van der Waals surface area contributed by atoms with E-state index >= 15 is 0 Å². The van der Waals surface area contributed by atoms with Crippen LogP contribution in [0.4, 0.5) is 0 Å². The normalized spacial score (nSPS) is 11.2. The molecule has 4 aromatic rings. The number of aromatic hydroxyl groups is 1. The van der Waals surface area contributed by atoms with Crippen LogP contribution in [0.15, 0.2) is 71.3 Å². The lowest BCUT2D eigenvalue weighted by atomic mass is 10.1. The van der Waals surface area contributed by atoms with Crippen LogP contribution in [-0.2, 0) is 0 Å². The van der Waals surface area contributed by atoms with E-state index in [4.69, 9.17) is 0 Å². The number of nitrogens with one attached hydrogen (secondary N) is 1. The molecule has 4 rings (SSSR count). The minimum atomic E-state index is -0.480. The van der Waals surface area contributed by atoms with E-state index in [0.29, 0.717) is 0 Å². The number of imidazole rings is 1. The molecule has 2 aromatic heterocycles. The first kappa shape index (κ1) is 16.0. The van der Waals surface area contributed by atoms with Crippen molar-refractivity contribution in [1.29, 1.82) is 0 Å². The number of phenols is 1. The van der Waals surface area contributed by atoms with E-state index in [9.17, 15) is 9.90 Å². The van der Waals surface area contributed by atoms with E-state index in [1.54, 1.807) is 18.3 Å². The lowest BCUT2D eigenvalue weighted by molar-refractivity contribution is 0.0952. The molecule has 0 aliphatic heterocycles. The van der Waals surface area contributed by atoms with Gasteiger partial charge in [-0.1, -0.05) is 42.5 Å². The van der Waals surface area contributed by atoms with Gasteiger partial charge in [0.25, 0.3) is 5.91 Å². The zero-order valence-electron chi connectivity index (χ0n) is 13.5. The van der Waals surface area contributed by atoms with Crippen LogP contribution in [0.1, 0.15) is 16.1 Å². The highest BCUT2D eigenvalue weighted by Gasteiger charge is 2.14. The van der Waals surface area contributed by atoms with Gasteiger partial charge in [-0.25, -0.2) is 10.4 Å². The third kappa shape index (κ3) is 2.96. The quantitative estimate of drug-likeness (QED) is 0.430. The highest BCUT2D eigenvalue weighted by molar-refractivity contribution is 7.15. The van der Waals surface area contributed by atoms with Crippen molar-refractivity contribution in [3.8, 4) is 17.0 Å². The summed E-state index contributed by atoms with van der Waals surface area (Å²) in [7, 11) is 0. The van der Waals surface area contributed by atoms with Gasteiger partial charge >= 0.3 is 0 Å². The largest absolute Gasteiger partial charge is 0.507 e. The number of carbonyl (C=O) groups excluding carboxylic acids is 1. The van der Waals surface area contributed by atoms with Gasteiger partial charge in [0, 0.05) is 17.1 Å². The van der Waals surface area contributed by atoms with Crippen LogP contribution < -0.4 is 5.43 Å². The fraction of sp³-hybridized carbons (Fsp3) is 0. The molecule has 7 heteroatoms. The number of nitrogens with zero attached hydrogens (tertiary/aromatic N) is 3. The van der Waals surface area contributed by atoms with Crippen LogP contribution in [0.2, 0.25) is 0 Å². The van der Waals surface area contributed by atoms with Crippen LogP contribution in [-0.4, -0.2) is 26.6 Å². The Bertz CT molecular complexity index is 1100. The summed E-state index contributed by atoms with van der Waals surface area (Å²) in [5.41, 5.74) is 5.14. The first-order valence-corrected chi connectivity index (χ1v) is 8.74. The number of thiazole rings is 1. The number of hydrazone groups is 1. The lowest BCUT2D eigenvalue weighted by Gasteiger charge is -2.02. The molecular formula is C19H14N4O2S. The molecule has 0 unspecified atom stereocenters. The smallest absolute Gasteiger partial charge is 0.275 e. The maximum absolute atomic E-state index is 12.2. The predicted octanol–water partition coefficient (Wildman–Crippen LogP) is 3.53. The number of phenolic OH excluding ortho intramolecular Hbond substituents is 1. The summed E-state index contributed by atoms with van der Waals surface area (Å²) in [6.45, 7) is 0. The molecule has 0 aliphatic rings. The summed E-state index contributed by atoms with van der Waals surface area (Å²) in [5.74, 6) is -0.568. The fourth-order valence-corrected chi connectivity index (χ4v) is 3.33. The Labute approximate surface area is 153 Å². The summed E-state index contributed by atoms with van der Waals surface area (Å²) in [6, 6.07) is 16.1. The van der Waals surface area contributed by atoms with Gasteiger partial charge in [0.2, 0.25) is 0 Å². The summed E-state index contributed by atoms with van der Waals surface area (Å²) in [5, 5.41) is 15.7. The number of fused-ring (bicyclic) bond motifs is 1. The molecule has 26 heavy (non-hydrogen) atoms. The highest BCUT2D eigenvalue weighted by atomic mass is 32.1. The zero-order valence-corrected chi connectivity index (χ0v) is 14.4. The minimum absolute atomic E-state index is 0.0882. The molecule has 128 valence electrons.